The van der Waals surface area contributed by atoms with E-state index in [4.69, 9.17) is 4.74 Å². The van der Waals surface area contributed by atoms with Gasteiger partial charge in [0.2, 0.25) is 0 Å². The summed E-state index contributed by atoms with van der Waals surface area (Å²) in [5.41, 5.74) is 2.23. The molecule has 0 unspecified atom stereocenters. The van der Waals surface area contributed by atoms with E-state index in [-0.39, 0.29) is 11.8 Å². The van der Waals surface area contributed by atoms with Gasteiger partial charge in [0.05, 0.1) is 12.7 Å². The molecule has 104 valence electrons. The van der Waals surface area contributed by atoms with Gasteiger partial charge in [-0.1, -0.05) is 6.07 Å². The molecule has 0 heterocycles. The Bertz CT molecular complexity index is 606. The molecule has 0 N–H and O–H groups in total. The molecule has 0 spiro atoms. The van der Waals surface area contributed by atoms with E-state index in [1.807, 2.05) is 6.92 Å². The lowest BCUT2D eigenvalue weighted by atomic mass is 10.1. The lowest BCUT2D eigenvalue weighted by molar-refractivity contribution is 0.0600. The number of carbonyl (C=O) groups excluding carboxylic acids is 1. The monoisotopic (exact) mass is 274 g/mol. The fraction of sp³-hybridized carbons (Fsp3) is 0.188. The molecule has 2 aromatic carbocycles. The van der Waals surface area contributed by atoms with Crippen molar-refractivity contribution in [2.75, 3.05) is 7.11 Å². The summed E-state index contributed by atoms with van der Waals surface area (Å²) in [5.74, 6) is 0.000915. The maximum atomic E-state index is 13.0. The molecule has 0 aromatic heterocycles. The number of hydrogen-bond donors (Lipinski definition) is 0. The highest BCUT2D eigenvalue weighted by molar-refractivity contribution is 5.89. The number of halogens is 1. The zero-order chi connectivity index (χ0) is 14.5. The van der Waals surface area contributed by atoms with Crippen molar-refractivity contribution in [2.45, 2.75) is 13.5 Å². The number of hydrogen-bond acceptors (Lipinski definition) is 3. The molecule has 0 bridgehead atoms. The van der Waals surface area contributed by atoms with E-state index in [1.165, 1.54) is 19.2 Å². The summed E-state index contributed by atoms with van der Waals surface area (Å²) < 4.78 is 23.2. The summed E-state index contributed by atoms with van der Waals surface area (Å²) >= 11 is 0. The average molecular weight is 274 g/mol. The molecule has 0 amide bonds. The number of carbonyl (C=O) groups is 1. The van der Waals surface area contributed by atoms with Crippen LogP contribution in [-0.2, 0) is 11.3 Å². The van der Waals surface area contributed by atoms with Crippen molar-refractivity contribution < 1.29 is 18.7 Å². The number of benzene rings is 2. The van der Waals surface area contributed by atoms with Crippen molar-refractivity contribution >= 4 is 5.97 Å². The molecule has 0 radical (unpaired) electrons. The van der Waals surface area contributed by atoms with Crippen LogP contribution in [0, 0.1) is 12.7 Å². The zero-order valence-corrected chi connectivity index (χ0v) is 11.4. The van der Waals surface area contributed by atoms with Gasteiger partial charge in [-0.2, -0.15) is 0 Å². The van der Waals surface area contributed by atoms with E-state index >= 15 is 0 Å². The highest BCUT2D eigenvalue weighted by Gasteiger charge is 2.05. The third kappa shape index (κ3) is 3.35. The van der Waals surface area contributed by atoms with Crippen molar-refractivity contribution in [1.29, 1.82) is 0 Å². The Morgan fingerprint density at radius 1 is 1.15 bits per heavy atom. The minimum Gasteiger partial charge on any atom is -0.489 e. The molecule has 0 aliphatic heterocycles. The van der Waals surface area contributed by atoms with Gasteiger partial charge in [0.25, 0.3) is 0 Å². The van der Waals surface area contributed by atoms with Gasteiger partial charge in [-0.15, -0.1) is 0 Å². The van der Waals surface area contributed by atoms with Crippen LogP contribution in [0.4, 0.5) is 4.39 Å². The van der Waals surface area contributed by atoms with Crippen LogP contribution in [0.25, 0.3) is 0 Å². The highest BCUT2D eigenvalue weighted by atomic mass is 19.1. The third-order valence-electron chi connectivity index (χ3n) is 2.97. The van der Waals surface area contributed by atoms with Gasteiger partial charge < -0.3 is 9.47 Å². The van der Waals surface area contributed by atoms with E-state index < -0.39 is 0 Å². The molecule has 2 rings (SSSR count). The highest BCUT2D eigenvalue weighted by Crippen LogP contribution is 2.17. The van der Waals surface area contributed by atoms with Crippen LogP contribution in [0.1, 0.15) is 21.5 Å². The van der Waals surface area contributed by atoms with Crippen LogP contribution in [0.2, 0.25) is 0 Å². The Morgan fingerprint density at radius 2 is 1.85 bits per heavy atom. The molecular formula is C16H15FO3. The number of esters is 1. The van der Waals surface area contributed by atoms with E-state index in [2.05, 4.69) is 4.74 Å². The minimum absolute atomic E-state index is 0.256. The van der Waals surface area contributed by atoms with Gasteiger partial charge in [0, 0.05) is 0 Å². The van der Waals surface area contributed by atoms with Crippen LogP contribution < -0.4 is 4.74 Å². The Kier molecular flexibility index (Phi) is 4.35. The summed E-state index contributed by atoms with van der Waals surface area (Å²) in [6.07, 6.45) is 0. The fourth-order valence-corrected chi connectivity index (χ4v) is 1.79. The second-order valence-electron chi connectivity index (χ2n) is 4.38. The number of rotatable bonds is 4. The largest absolute Gasteiger partial charge is 0.489 e. The minimum atomic E-state index is -0.383. The zero-order valence-electron chi connectivity index (χ0n) is 11.4. The lowest BCUT2D eigenvalue weighted by Gasteiger charge is -2.09. The van der Waals surface area contributed by atoms with Crippen LogP contribution in [0.5, 0.6) is 5.75 Å². The van der Waals surface area contributed by atoms with Crippen molar-refractivity contribution in [1.82, 2.24) is 0 Å². The third-order valence-corrected chi connectivity index (χ3v) is 2.97. The van der Waals surface area contributed by atoms with Crippen molar-refractivity contribution in [3.05, 3.63) is 65.0 Å². The van der Waals surface area contributed by atoms with Crippen molar-refractivity contribution in [3.8, 4) is 5.75 Å². The first-order chi connectivity index (χ1) is 9.60. The Morgan fingerprint density at radius 3 is 2.45 bits per heavy atom. The van der Waals surface area contributed by atoms with Gasteiger partial charge in [-0.05, 0) is 54.4 Å². The summed E-state index contributed by atoms with van der Waals surface area (Å²) in [7, 11) is 1.34. The van der Waals surface area contributed by atoms with Crippen molar-refractivity contribution in [2.24, 2.45) is 0 Å². The van der Waals surface area contributed by atoms with Crippen LogP contribution >= 0.6 is 0 Å². The normalized spacial score (nSPS) is 10.2. The predicted octanol–water partition coefficient (Wildman–Crippen LogP) is 3.50. The first-order valence-corrected chi connectivity index (χ1v) is 6.16. The van der Waals surface area contributed by atoms with Crippen LogP contribution in [0.3, 0.4) is 0 Å². The Labute approximate surface area is 117 Å². The van der Waals surface area contributed by atoms with Gasteiger partial charge in [0.1, 0.15) is 18.2 Å². The quantitative estimate of drug-likeness (QED) is 0.800. The molecule has 0 aliphatic carbocycles. The van der Waals surface area contributed by atoms with Gasteiger partial charge in [0.15, 0.2) is 0 Å². The Balaban J connectivity index is 2.02. The smallest absolute Gasteiger partial charge is 0.337 e. The van der Waals surface area contributed by atoms with Gasteiger partial charge >= 0.3 is 5.97 Å². The van der Waals surface area contributed by atoms with E-state index in [9.17, 15) is 9.18 Å². The number of aryl methyl sites for hydroxylation is 1. The van der Waals surface area contributed by atoms with Gasteiger partial charge in [-0.3, -0.25) is 0 Å². The van der Waals surface area contributed by atoms with Crippen molar-refractivity contribution in [3.63, 3.8) is 0 Å². The molecule has 4 heteroatoms. The van der Waals surface area contributed by atoms with Gasteiger partial charge in [-0.25, -0.2) is 9.18 Å². The molecule has 2 aromatic rings. The summed E-state index contributed by atoms with van der Waals surface area (Å²) in [5, 5.41) is 0. The summed E-state index contributed by atoms with van der Waals surface area (Å²) in [6, 6.07) is 11.3. The maximum Gasteiger partial charge on any atom is 0.337 e. The second kappa shape index (κ2) is 6.19. The second-order valence-corrected chi connectivity index (χ2v) is 4.38. The lowest BCUT2D eigenvalue weighted by Crippen LogP contribution is -2.01. The predicted molar refractivity (Wildman–Crippen MR) is 73.3 cm³/mol. The SMILES string of the molecule is COC(=O)c1ccc(OCc2ccc(F)cc2C)cc1. The maximum absolute atomic E-state index is 13.0. The summed E-state index contributed by atoms with van der Waals surface area (Å²) in [4.78, 5) is 11.3. The topological polar surface area (TPSA) is 35.5 Å². The standard InChI is InChI=1S/C16H15FO3/c1-11-9-14(17)6-3-13(11)10-20-15-7-4-12(5-8-15)16(18)19-2/h3-9H,10H2,1-2H3. The van der Waals surface area contributed by atoms with Crippen LogP contribution in [-0.4, -0.2) is 13.1 Å². The van der Waals surface area contributed by atoms with Crippen LogP contribution in [0.15, 0.2) is 42.5 Å². The number of methoxy groups -OCH3 is 1. The molecule has 0 fully saturated rings. The van der Waals surface area contributed by atoms with E-state index in [0.29, 0.717) is 17.9 Å². The average Bonchev–Trinajstić information content (AvgIpc) is 2.46. The molecular weight excluding hydrogens is 259 g/mol. The molecule has 0 saturated heterocycles. The van der Waals surface area contributed by atoms with E-state index in [1.54, 1.807) is 30.3 Å². The molecule has 3 nitrogen and oxygen atoms in total. The Hall–Kier alpha value is -2.36. The molecule has 0 aliphatic rings. The fourth-order valence-electron chi connectivity index (χ4n) is 1.79. The number of ether oxygens (including phenoxy) is 2. The molecule has 20 heavy (non-hydrogen) atoms. The summed E-state index contributed by atoms with van der Waals surface area (Å²) in [6.45, 7) is 2.19. The van der Waals surface area contributed by atoms with E-state index in [0.717, 1.165) is 11.1 Å². The first kappa shape index (κ1) is 14.1. The molecule has 0 saturated carbocycles. The first-order valence-electron chi connectivity index (χ1n) is 6.16. The molecule has 0 atom stereocenters.